The zero-order chi connectivity index (χ0) is 15.4. The second kappa shape index (κ2) is 6.83. The first-order valence-corrected chi connectivity index (χ1v) is 7.42. The van der Waals surface area contributed by atoms with Crippen LogP contribution in [0.2, 0.25) is 0 Å². The minimum Gasteiger partial charge on any atom is -0.464 e. The van der Waals surface area contributed by atoms with Crippen molar-refractivity contribution < 1.29 is 14.3 Å². The largest absolute Gasteiger partial charge is 0.464 e. The lowest BCUT2D eigenvalue weighted by Crippen LogP contribution is -2.30. The molecule has 1 rings (SSSR count). The molecule has 0 saturated heterocycles. The summed E-state index contributed by atoms with van der Waals surface area (Å²) in [6.45, 7) is 7.86. The number of thiazole rings is 1. The number of carbonyl (C=O) groups is 2. The average Bonchev–Trinajstić information content (AvgIpc) is 2.81. The number of methoxy groups -OCH3 is 1. The maximum Gasteiger partial charge on any atom is 0.358 e. The molecule has 1 aromatic rings. The fourth-order valence-electron chi connectivity index (χ4n) is 1.96. The molecule has 0 N–H and O–H groups in total. The summed E-state index contributed by atoms with van der Waals surface area (Å²) in [7, 11) is 3.22. The molecule has 1 atom stereocenters. The Bertz CT molecular complexity index is 497. The molecule has 0 amide bonds. The minimum atomic E-state index is -0.567. The van der Waals surface area contributed by atoms with Crippen LogP contribution in [0.5, 0.6) is 0 Å². The van der Waals surface area contributed by atoms with Crippen LogP contribution in [0.15, 0.2) is 0 Å². The molecule has 0 aliphatic carbocycles. The lowest BCUT2D eigenvalue weighted by molar-refractivity contribution is 0.0591. The highest BCUT2D eigenvalue weighted by molar-refractivity contribution is 7.17. The molecular formula is C14H22N2O3S. The van der Waals surface area contributed by atoms with Crippen LogP contribution in [0.4, 0.5) is 5.13 Å². The number of ether oxygens (including phenoxy) is 1. The van der Waals surface area contributed by atoms with E-state index in [9.17, 15) is 9.59 Å². The van der Waals surface area contributed by atoms with Crippen molar-refractivity contribution in [3.63, 3.8) is 0 Å². The highest BCUT2D eigenvalue weighted by atomic mass is 32.1. The summed E-state index contributed by atoms with van der Waals surface area (Å²) < 4.78 is 4.68. The highest BCUT2D eigenvalue weighted by Gasteiger charge is 2.24. The summed E-state index contributed by atoms with van der Waals surface area (Å²) in [6.07, 6.45) is 1.01. The van der Waals surface area contributed by atoms with Crippen LogP contribution in [-0.4, -0.2) is 36.9 Å². The smallest absolute Gasteiger partial charge is 0.358 e. The summed E-state index contributed by atoms with van der Waals surface area (Å²) in [4.78, 5) is 29.9. The van der Waals surface area contributed by atoms with Gasteiger partial charge in [0.25, 0.3) is 0 Å². The van der Waals surface area contributed by atoms with Gasteiger partial charge in [0.2, 0.25) is 0 Å². The first kappa shape index (κ1) is 16.6. The molecule has 1 unspecified atom stereocenters. The Balaban J connectivity index is 3.07. The highest BCUT2D eigenvalue weighted by Crippen LogP contribution is 2.29. The Hall–Kier alpha value is -1.43. The van der Waals surface area contributed by atoms with Crippen LogP contribution in [-0.2, 0) is 4.74 Å². The number of ketones is 1. The van der Waals surface area contributed by atoms with Gasteiger partial charge < -0.3 is 9.64 Å². The van der Waals surface area contributed by atoms with Gasteiger partial charge >= 0.3 is 5.97 Å². The summed E-state index contributed by atoms with van der Waals surface area (Å²) >= 11 is 1.24. The lowest BCUT2D eigenvalue weighted by atomic mass is 10.0. The molecular weight excluding hydrogens is 276 g/mol. The van der Waals surface area contributed by atoms with Crippen LogP contribution >= 0.6 is 11.3 Å². The summed E-state index contributed by atoms with van der Waals surface area (Å²) in [5.41, 5.74) is 0.114. The van der Waals surface area contributed by atoms with Crippen LogP contribution in [0, 0.1) is 5.92 Å². The van der Waals surface area contributed by atoms with E-state index in [-0.39, 0.29) is 17.5 Å². The number of nitrogens with zero attached hydrogens (tertiary/aromatic N) is 2. The van der Waals surface area contributed by atoms with Crippen molar-refractivity contribution in [3.8, 4) is 0 Å². The summed E-state index contributed by atoms with van der Waals surface area (Å²) in [6, 6.07) is 0.284. The molecule has 5 nitrogen and oxygen atoms in total. The van der Waals surface area contributed by atoms with Gasteiger partial charge in [-0.05, 0) is 19.3 Å². The van der Waals surface area contributed by atoms with Gasteiger partial charge in [0.1, 0.15) is 4.88 Å². The predicted octanol–water partition coefficient (Wildman–Crippen LogP) is 3.00. The number of Topliss-reactive ketones (excluding diaryl/α,β-unsaturated/α-hetero) is 1. The third-order valence-electron chi connectivity index (χ3n) is 3.09. The van der Waals surface area contributed by atoms with Gasteiger partial charge in [-0.2, -0.15) is 0 Å². The molecule has 6 heteroatoms. The van der Waals surface area contributed by atoms with E-state index in [2.05, 4.69) is 30.5 Å². The van der Waals surface area contributed by atoms with Gasteiger partial charge in [0.15, 0.2) is 16.6 Å². The Morgan fingerprint density at radius 3 is 2.40 bits per heavy atom. The lowest BCUT2D eigenvalue weighted by Gasteiger charge is -2.25. The normalized spacial score (nSPS) is 12.3. The number of hydrogen-bond acceptors (Lipinski definition) is 6. The number of rotatable bonds is 6. The van der Waals surface area contributed by atoms with Crippen LogP contribution < -0.4 is 4.90 Å². The van der Waals surface area contributed by atoms with E-state index in [1.165, 1.54) is 25.4 Å². The first-order valence-electron chi connectivity index (χ1n) is 6.60. The second-order valence-electron chi connectivity index (χ2n) is 5.31. The number of anilines is 1. The van der Waals surface area contributed by atoms with Gasteiger partial charge in [-0.25, -0.2) is 9.78 Å². The molecule has 0 aliphatic heterocycles. The van der Waals surface area contributed by atoms with Crippen molar-refractivity contribution in [1.29, 1.82) is 0 Å². The van der Waals surface area contributed by atoms with Gasteiger partial charge in [-0.1, -0.05) is 25.2 Å². The molecule has 0 saturated carbocycles. The molecule has 20 heavy (non-hydrogen) atoms. The monoisotopic (exact) mass is 298 g/mol. The van der Waals surface area contributed by atoms with Gasteiger partial charge in [0, 0.05) is 20.0 Å². The molecule has 0 fully saturated rings. The SMILES string of the molecule is COC(=O)c1nc(N(C)C(C)CC(C)C)sc1C(C)=O. The topological polar surface area (TPSA) is 59.5 Å². The van der Waals surface area contributed by atoms with E-state index in [1.807, 2.05) is 11.9 Å². The maximum absolute atomic E-state index is 11.7. The maximum atomic E-state index is 11.7. The zero-order valence-electron chi connectivity index (χ0n) is 12.9. The standard InChI is InChI=1S/C14H22N2O3S/c1-8(2)7-9(3)16(5)14-15-11(13(18)19-6)12(20-14)10(4)17/h8-9H,7H2,1-6H3. The molecule has 0 radical (unpaired) electrons. The van der Waals surface area contributed by atoms with Crippen molar-refractivity contribution in [1.82, 2.24) is 4.98 Å². The molecule has 0 aliphatic rings. The van der Waals surface area contributed by atoms with E-state index in [0.29, 0.717) is 15.9 Å². The van der Waals surface area contributed by atoms with Crippen LogP contribution in [0.1, 0.15) is 54.3 Å². The Morgan fingerprint density at radius 2 is 1.95 bits per heavy atom. The summed E-state index contributed by atoms with van der Waals surface area (Å²) in [5.74, 6) is -0.165. The molecule has 112 valence electrons. The first-order chi connectivity index (χ1) is 9.27. The van der Waals surface area contributed by atoms with Crippen LogP contribution in [0.3, 0.4) is 0 Å². The van der Waals surface area contributed by atoms with Crippen LogP contribution in [0.25, 0.3) is 0 Å². The fourth-order valence-corrected chi connectivity index (χ4v) is 2.98. The third-order valence-corrected chi connectivity index (χ3v) is 4.34. The quantitative estimate of drug-likeness (QED) is 0.597. The molecule has 0 spiro atoms. The van der Waals surface area contributed by atoms with Gasteiger partial charge in [0.05, 0.1) is 7.11 Å². The average molecular weight is 298 g/mol. The van der Waals surface area contributed by atoms with Crippen molar-refractivity contribution >= 4 is 28.2 Å². The second-order valence-corrected chi connectivity index (χ2v) is 6.29. The molecule has 1 heterocycles. The molecule has 0 bridgehead atoms. The molecule has 0 aromatic carbocycles. The van der Waals surface area contributed by atoms with E-state index in [1.54, 1.807) is 0 Å². The van der Waals surface area contributed by atoms with E-state index in [0.717, 1.165) is 6.42 Å². The van der Waals surface area contributed by atoms with Crippen molar-refractivity contribution in [2.24, 2.45) is 5.92 Å². The Labute approximate surface area is 124 Å². The van der Waals surface area contributed by atoms with Crippen molar-refractivity contribution in [2.75, 3.05) is 19.1 Å². The summed E-state index contributed by atoms with van der Waals surface area (Å²) in [5, 5.41) is 0.670. The van der Waals surface area contributed by atoms with Crippen molar-refractivity contribution in [3.05, 3.63) is 10.6 Å². The number of carbonyl (C=O) groups excluding carboxylic acids is 2. The van der Waals surface area contributed by atoms with E-state index >= 15 is 0 Å². The number of aromatic nitrogens is 1. The number of hydrogen-bond donors (Lipinski definition) is 0. The Kier molecular flexibility index (Phi) is 5.68. The van der Waals surface area contributed by atoms with E-state index < -0.39 is 5.97 Å². The van der Waals surface area contributed by atoms with Crippen molar-refractivity contribution in [2.45, 2.75) is 40.2 Å². The van der Waals surface area contributed by atoms with Gasteiger partial charge in [-0.15, -0.1) is 0 Å². The zero-order valence-corrected chi connectivity index (χ0v) is 13.7. The minimum absolute atomic E-state index is 0.114. The fraction of sp³-hybridized carbons (Fsp3) is 0.643. The van der Waals surface area contributed by atoms with E-state index in [4.69, 9.17) is 0 Å². The molecule has 1 aromatic heterocycles. The third kappa shape index (κ3) is 3.79. The number of esters is 1. The van der Waals surface area contributed by atoms with Gasteiger partial charge in [-0.3, -0.25) is 4.79 Å². The Morgan fingerprint density at radius 1 is 1.35 bits per heavy atom. The predicted molar refractivity (Wildman–Crippen MR) is 80.8 cm³/mol.